The zero-order valence-electron chi connectivity index (χ0n) is 6.36. The molecule has 0 unspecified atom stereocenters. The summed E-state index contributed by atoms with van der Waals surface area (Å²) in [5.74, 6) is -0.260. The average molecular weight is 276 g/mol. The van der Waals surface area contributed by atoms with Crippen molar-refractivity contribution in [2.75, 3.05) is 0 Å². The molecular formula is C8H6FIN2. The Hall–Kier alpha value is -0.650. The Balaban J connectivity index is 2.92. The van der Waals surface area contributed by atoms with Gasteiger partial charge >= 0.3 is 0 Å². The standard InChI is InChI=1S/C8H6FIN2/c1-4-2-5-7(6(9)3-4)11-12-8(5)10/h2-3H,1H3,(H,11,12). The van der Waals surface area contributed by atoms with Crippen molar-refractivity contribution in [3.8, 4) is 0 Å². The third-order valence-electron chi connectivity index (χ3n) is 1.71. The number of aromatic amines is 1. The maximum absolute atomic E-state index is 13.2. The van der Waals surface area contributed by atoms with Crippen LogP contribution in [0, 0.1) is 16.4 Å². The van der Waals surface area contributed by atoms with Crippen LogP contribution in [0.5, 0.6) is 0 Å². The van der Waals surface area contributed by atoms with Crippen molar-refractivity contribution in [1.29, 1.82) is 0 Å². The van der Waals surface area contributed by atoms with Gasteiger partial charge in [-0.05, 0) is 47.2 Å². The van der Waals surface area contributed by atoms with E-state index in [4.69, 9.17) is 0 Å². The number of nitrogens with zero attached hydrogens (tertiary/aromatic N) is 1. The van der Waals surface area contributed by atoms with E-state index in [2.05, 4.69) is 32.8 Å². The molecule has 2 rings (SSSR count). The Morgan fingerprint density at radius 2 is 2.25 bits per heavy atom. The molecule has 2 nitrogen and oxygen atoms in total. The maximum Gasteiger partial charge on any atom is 0.151 e. The zero-order chi connectivity index (χ0) is 8.72. The summed E-state index contributed by atoms with van der Waals surface area (Å²) in [5, 5.41) is 7.45. The van der Waals surface area contributed by atoms with Crippen LogP contribution < -0.4 is 0 Å². The first-order valence-electron chi connectivity index (χ1n) is 3.48. The normalized spacial score (nSPS) is 10.9. The van der Waals surface area contributed by atoms with Crippen LogP contribution in [-0.2, 0) is 0 Å². The molecule has 1 aromatic heterocycles. The molecule has 0 aliphatic heterocycles. The Morgan fingerprint density at radius 3 is 3.00 bits per heavy atom. The molecule has 0 fully saturated rings. The van der Waals surface area contributed by atoms with E-state index in [0.29, 0.717) is 5.52 Å². The predicted molar refractivity (Wildman–Crippen MR) is 53.5 cm³/mol. The highest BCUT2D eigenvalue weighted by atomic mass is 127. The number of hydrogen-bond acceptors (Lipinski definition) is 1. The average Bonchev–Trinajstić information content (AvgIpc) is 2.33. The SMILES string of the molecule is Cc1cc(F)c2n[nH]c(I)c2c1. The summed E-state index contributed by atoms with van der Waals surface area (Å²) in [6.07, 6.45) is 0. The van der Waals surface area contributed by atoms with Crippen molar-refractivity contribution in [1.82, 2.24) is 10.2 Å². The topological polar surface area (TPSA) is 28.7 Å². The third kappa shape index (κ3) is 1.10. The Labute approximate surface area is 82.3 Å². The van der Waals surface area contributed by atoms with Crippen molar-refractivity contribution >= 4 is 33.5 Å². The van der Waals surface area contributed by atoms with E-state index in [1.807, 2.05) is 13.0 Å². The fourth-order valence-corrected chi connectivity index (χ4v) is 1.71. The molecule has 0 aliphatic carbocycles. The van der Waals surface area contributed by atoms with Crippen LogP contribution >= 0.6 is 22.6 Å². The summed E-state index contributed by atoms with van der Waals surface area (Å²) in [5.41, 5.74) is 1.34. The molecule has 4 heteroatoms. The molecule has 2 aromatic rings. The molecule has 0 amide bonds. The molecule has 0 saturated heterocycles. The highest BCUT2D eigenvalue weighted by Crippen LogP contribution is 2.21. The van der Waals surface area contributed by atoms with Gasteiger partial charge < -0.3 is 0 Å². The number of hydrogen-bond donors (Lipinski definition) is 1. The van der Waals surface area contributed by atoms with Gasteiger partial charge in [0.2, 0.25) is 0 Å². The molecule has 0 spiro atoms. The number of benzene rings is 1. The second-order valence-electron chi connectivity index (χ2n) is 2.68. The minimum Gasteiger partial charge on any atom is -0.271 e. The van der Waals surface area contributed by atoms with Gasteiger partial charge in [0.25, 0.3) is 0 Å². The Morgan fingerprint density at radius 1 is 1.50 bits per heavy atom. The van der Waals surface area contributed by atoms with Gasteiger partial charge in [-0.15, -0.1) is 0 Å². The smallest absolute Gasteiger partial charge is 0.151 e. The first kappa shape index (κ1) is 7.97. The van der Waals surface area contributed by atoms with E-state index in [-0.39, 0.29) is 5.82 Å². The van der Waals surface area contributed by atoms with E-state index >= 15 is 0 Å². The summed E-state index contributed by atoms with van der Waals surface area (Å²) in [7, 11) is 0. The first-order valence-corrected chi connectivity index (χ1v) is 4.56. The molecule has 1 heterocycles. The molecule has 1 aromatic carbocycles. The Bertz CT molecular complexity index is 436. The number of nitrogens with one attached hydrogen (secondary N) is 1. The van der Waals surface area contributed by atoms with Gasteiger partial charge in [-0.3, -0.25) is 5.10 Å². The van der Waals surface area contributed by atoms with Gasteiger partial charge in [0.05, 0.1) is 0 Å². The molecule has 0 aliphatic rings. The molecule has 0 bridgehead atoms. The molecular weight excluding hydrogens is 270 g/mol. The van der Waals surface area contributed by atoms with Gasteiger partial charge in [-0.25, -0.2) is 4.39 Å². The summed E-state index contributed by atoms with van der Waals surface area (Å²) in [4.78, 5) is 0. The lowest BCUT2D eigenvalue weighted by Crippen LogP contribution is -1.80. The van der Waals surface area contributed by atoms with Gasteiger partial charge in [0.15, 0.2) is 5.82 Å². The third-order valence-corrected chi connectivity index (χ3v) is 2.53. The molecule has 0 radical (unpaired) electrons. The summed E-state index contributed by atoms with van der Waals surface area (Å²) in [6.45, 7) is 1.87. The van der Waals surface area contributed by atoms with Crippen molar-refractivity contribution in [2.24, 2.45) is 0 Å². The molecule has 0 saturated carbocycles. The molecule has 0 atom stereocenters. The monoisotopic (exact) mass is 276 g/mol. The molecule has 1 N–H and O–H groups in total. The highest BCUT2D eigenvalue weighted by Gasteiger charge is 2.07. The first-order chi connectivity index (χ1) is 5.68. The van der Waals surface area contributed by atoms with Crippen LogP contribution in [0.4, 0.5) is 4.39 Å². The van der Waals surface area contributed by atoms with Crippen LogP contribution in [0.25, 0.3) is 10.9 Å². The number of fused-ring (bicyclic) bond motifs is 1. The highest BCUT2D eigenvalue weighted by molar-refractivity contribution is 14.1. The second-order valence-corrected chi connectivity index (χ2v) is 3.76. The van der Waals surface area contributed by atoms with Crippen molar-refractivity contribution in [2.45, 2.75) is 6.92 Å². The van der Waals surface area contributed by atoms with Crippen LogP contribution in [0.3, 0.4) is 0 Å². The van der Waals surface area contributed by atoms with Crippen molar-refractivity contribution < 1.29 is 4.39 Å². The minimum absolute atomic E-state index is 0.260. The summed E-state index contributed by atoms with van der Waals surface area (Å²) in [6, 6.07) is 3.41. The largest absolute Gasteiger partial charge is 0.271 e. The Kier molecular flexibility index (Phi) is 1.79. The number of aromatic nitrogens is 2. The molecule has 62 valence electrons. The van der Waals surface area contributed by atoms with Crippen LogP contribution in [0.2, 0.25) is 0 Å². The van der Waals surface area contributed by atoms with E-state index < -0.39 is 0 Å². The fraction of sp³-hybridized carbons (Fsp3) is 0.125. The minimum atomic E-state index is -0.260. The van der Waals surface area contributed by atoms with E-state index in [9.17, 15) is 4.39 Å². The van der Waals surface area contributed by atoms with Crippen LogP contribution in [0.15, 0.2) is 12.1 Å². The van der Waals surface area contributed by atoms with Crippen LogP contribution in [-0.4, -0.2) is 10.2 Å². The quantitative estimate of drug-likeness (QED) is 0.736. The van der Waals surface area contributed by atoms with Gasteiger partial charge in [-0.1, -0.05) is 0 Å². The van der Waals surface area contributed by atoms with Gasteiger partial charge in [0, 0.05) is 5.39 Å². The number of aryl methyl sites for hydroxylation is 1. The second kappa shape index (κ2) is 2.69. The summed E-state index contributed by atoms with van der Waals surface area (Å²) >= 11 is 2.10. The van der Waals surface area contributed by atoms with E-state index in [0.717, 1.165) is 14.7 Å². The lowest BCUT2D eigenvalue weighted by atomic mass is 10.2. The summed E-state index contributed by atoms with van der Waals surface area (Å²) < 4.78 is 14.1. The number of rotatable bonds is 0. The van der Waals surface area contributed by atoms with Crippen molar-refractivity contribution in [3.05, 3.63) is 27.2 Å². The molecule has 12 heavy (non-hydrogen) atoms. The number of H-pyrrole nitrogens is 1. The van der Waals surface area contributed by atoms with Crippen LogP contribution in [0.1, 0.15) is 5.56 Å². The number of halogens is 2. The van der Waals surface area contributed by atoms with E-state index in [1.165, 1.54) is 6.07 Å². The van der Waals surface area contributed by atoms with Crippen molar-refractivity contribution in [3.63, 3.8) is 0 Å². The fourth-order valence-electron chi connectivity index (χ4n) is 1.18. The predicted octanol–water partition coefficient (Wildman–Crippen LogP) is 2.62. The lowest BCUT2D eigenvalue weighted by Gasteiger charge is -1.93. The zero-order valence-corrected chi connectivity index (χ0v) is 8.52. The van der Waals surface area contributed by atoms with Gasteiger partial charge in [0.1, 0.15) is 9.22 Å². The lowest BCUT2D eigenvalue weighted by molar-refractivity contribution is 0.635. The maximum atomic E-state index is 13.2. The van der Waals surface area contributed by atoms with Gasteiger partial charge in [-0.2, -0.15) is 5.10 Å². The van der Waals surface area contributed by atoms with E-state index in [1.54, 1.807) is 0 Å².